The van der Waals surface area contributed by atoms with Crippen LogP contribution in [0.3, 0.4) is 0 Å². The van der Waals surface area contributed by atoms with Crippen LogP contribution in [0.15, 0.2) is 0 Å². The van der Waals surface area contributed by atoms with Gasteiger partial charge in [0.1, 0.15) is 0 Å². The molecule has 0 aliphatic carbocycles. The van der Waals surface area contributed by atoms with Gasteiger partial charge in [-0.2, -0.15) is 0 Å². The fraction of sp³-hybridized carbons (Fsp3) is 1.00. The summed E-state index contributed by atoms with van der Waals surface area (Å²) in [5.74, 6) is 0. The van der Waals surface area contributed by atoms with E-state index in [-0.39, 0.29) is 51.4 Å². The molecule has 0 amide bonds. The minimum absolute atomic E-state index is 0. The van der Waals surface area contributed by atoms with Crippen LogP contribution in [0.5, 0.6) is 0 Å². The van der Waals surface area contributed by atoms with E-state index in [1.54, 1.807) is 0 Å². The fourth-order valence-electron chi connectivity index (χ4n) is 0. The normalized spacial score (nSPS) is 10.3. The van der Waals surface area contributed by atoms with Crippen LogP contribution in [0.25, 0.3) is 0 Å². The second kappa shape index (κ2) is 14.4. The van der Waals surface area contributed by atoms with Gasteiger partial charge in [-0.15, -0.1) is 0 Å². The van der Waals surface area contributed by atoms with Crippen molar-refractivity contribution in [3.63, 3.8) is 0 Å². The van der Waals surface area contributed by atoms with Crippen LogP contribution in [0.4, 0.5) is 51.8 Å². The van der Waals surface area contributed by atoms with Crippen LogP contribution in [-0.4, -0.2) is 73.1 Å². The zero-order valence-corrected chi connectivity index (χ0v) is 8.27. The molecule has 0 rings (SSSR count). The molecular formula is C2H7B3F12K-3. The molecule has 0 radical (unpaired) electrons. The summed E-state index contributed by atoms with van der Waals surface area (Å²) >= 11 is 0. The molecule has 0 spiro atoms. The third-order valence-electron chi connectivity index (χ3n) is 0. The standard InChI is InChI=1S/C2H6.3BF4.K.H/c1-2;3*2-1(3,4)5;;/h1-2H3;;;;;/q;3*-1;;. The summed E-state index contributed by atoms with van der Waals surface area (Å²) in [4.78, 5) is 0. The van der Waals surface area contributed by atoms with Gasteiger partial charge in [-0.25, -0.2) is 0 Å². The molecule has 0 aromatic carbocycles. The Morgan fingerprint density at radius 3 is 0.389 bits per heavy atom. The van der Waals surface area contributed by atoms with E-state index in [0.717, 1.165) is 0 Å². The van der Waals surface area contributed by atoms with Crippen molar-refractivity contribution in [1.82, 2.24) is 0 Å². The van der Waals surface area contributed by atoms with Crippen LogP contribution >= 0.6 is 0 Å². The van der Waals surface area contributed by atoms with Gasteiger partial charge < -0.3 is 51.8 Å². The van der Waals surface area contributed by atoms with Crippen molar-refractivity contribution in [1.29, 1.82) is 0 Å². The second-order valence-corrected chi connectivity index (χ2v) is 1.48. The molecule has 0 nitrogen and oxygen atoms in total. The van der Waals surface area contributed by atoms with Crippen molar-refractivity contribution in [2.24, 2.45) is 0 Å². The Kier molecular flexibility index (Phi) is 25.1. The van der Waals surface area contributed by atoms with Gasteiger partial charge in [-0.1, -0.05) is 13.8 Å². The van der Waals surface area contributed by atoms with Crippen molar-refractivity contribution in [2.75, 3.05) is 0 Å². The van der Waals surface area contributed by atoms with E-state index in [1.165, 1.54) is 0 Å². The molecule has 0 aromatic heterocycles. The van der Waals surface area contributed by atoms with Gasteiger partial charge in [0, 0.05) is 0 Å². The molecule has 112 valence electrons. The molecule has 0 aliphatic rings. The molecule has 18 heavy (non-hydrogen) atoms. The van der Waals surface area contributed by atoms with Gasteiger partial charge in [-0.3, -0.25) is 0 Å². The Morgan fingerprint density at radius 2 is 0.389 bits per heavy atom. The first kappa shape index (κ1) is 31.4. The summed E-state index contributed by atoms with van der Waals surface area (Å²) in [5.41, 5.74) is 0. The number of halogens is 12. The van der Waals surface area contributed by atoms with E-state index >= 15 is 0 Å². The molecule has 0 unspecified atom stereocenters. The second-order valence-electron chi connectivity index (χ2n) is 1.48. The number of hydrogen-bond acceptors (Lipinski definition) is 0. The first-order chi connectivity index (χ1) is 7.00. The molecule has 0 atom stereocenters. The number of hydrogen-bond donors (Lipinski definition) is 0. The summed E-state index contributed by atoms with van der Waals surface area (Å²) < 4.78 is 117. The summed E-state index contributed by atoms with van der Waals surface area (Å²) in [6, 6.07) is 0. The van der Waals surface area contributed by atoms with E-state index in [0.29, 0.717) is 0 Å². The van der Waals surface area contributed by atoms with Gasteiger partial charge in [0.15, 0.2) is 0 Å². The fourth-order valence-corrected chi connectivity index (χ4v) is 0. The zero-order valence-electron chi connectivity index (χ0n) is 8.27. The van der Waals surface area contributed by atoms with Gasteiger partial charge in [0.25, 0.3) is 0 Å². The molecule has 0 N–H and O–H groups in total. The van der Waals surface area contributed by atoms with Crippen molar-refractivity contribution in [3.05, 3.63) is 0 Å². The van der Waals surface area contributed by atoms with Gasteiger partial charge in [0.2, 0.25) is 0 Å². The van der Waals surface area contributed by atoms with Crippen molar-refractivity contribution in [2.45, 2.75) is 13.8 Å². The van der Waals surface area contributed by atoms with Crippen LogP contribution in [0.1, 0.15) is 13.8 Å². The molecule has 0 saturated carbocycles. The van der Waals surface area contributed by atoms with Crippen molar-refractivity contribution >= 4 is 73.1 Å². The SMILES string of the molecule is CC.F[B-](F)(F)F.F[B-](F)(F)F.F[B-](F)(F)F.[KH]. The third kappa shape index (κ3) is 4420. The topological polar surface area (TPSA) is 0 Å². The average Bonchev–Trinajstić information content (AvgIpc) is 1.77. The molecule has 0 saturated heterocycles. The van der Waals surface area contributed by atoms with Crippen LogP contribution in [-0.2, 0) is 0 Å². The zero-order chi connectivity index (χ0) is 15.5. The molecular weight excluding hydrogens is 324 g/mol. The monoisotopic (exact) mass is 331 g/mol. The predicted molar refractivity (Wildman–Crippen MR) is 49.1 cm³/mol. The first-order valence-electron chi connectivity index (χ1n) is 3.62. The summed E-state index contributed by atoms with van der Waals surface area (Å²) in [6.45, 7) is 4.00. The first-order valence-corrected chi connectivity index (χ1v) is 3.62. The quantitative estimate of drug-likeness (QED) is 0.459. The van der Waals surface area contributed by atoms with E-state index in [4.69, 9.17) is 0 Å². The van der Waals surface area contributed by atoms with Gasteiger partial charge in [-0.05, 0) is 0 Å². The predicted octanol–water partition coefficient (Wildman–Crippen LogP) is 4.28. The molecule has 0 aliphatic heterocycles. The molecule has 0 aromatic rings. The van der Waals surface area contributed by atoms with E-state index < -0.39 is 21.8 Å². The Morgan fingerprint density at radius 1 is 0.389 bits per heavy atom. The Hall–Kier alpha value is 0.991. The molecule has 0 fully saturated rings. The summed E-state index contributed by atoms with van der Waals surface area (Å²) in [5, 5.41) is 0. The molecule has 16 heteroatoms. The van der Waals surface area contributed by atoms with E-state index in [1.807, 2.05) is 13.8 Å². The van der Waals surface area contributed by atoms with Crippen LogP contribution < -0.4 is 0 Å². The molecule has 0 bridgehead atoms. The van der Waals surface area contributed by atoms with E-state index in [9.17, 15) is 51.8 Å². The van der Waals surface area contributed by atoms with Gasteiger partial charge >= 0.3 is 73.1 Å². The maximum absolute atomic E-state index is 9.75. The Labute approximate surface area is 138 Å². The minimum atomic E-state index is -6.00. The molecule has 0 heterocycles. The maximum atomic E-state index is 9.75. The van der Waals surface area contributed by atoms with Crippen molar-refractivity contribution in [3.8, 4) is 0 Å². The van der Waals surface area contributed by atoms with Gasteiger partial charge in [0.05, 0.1) is 0 Å². The Bertz CT molecular complexity index is 100. The third-order valence-corrected chi connectivity index (χ3v) is 0. The average molecular weight is 331 g/mol. The van der Waals surface area contributed by atoms with E-state index in [2.05, 4.69) is 0 Å². The number of rotatable bonds is 0. The summed E-state index contributed by atoms with van der Waals surface area (Å²) in [6.07, 6.45) is 0. The summed E-state index contributed by atoms with van der Waals surface area (Å²) in [7, 11) is -18.0. The van der Waals surface area contributed by atoms with Crippen LogP contribution in [0, 0.1) is 0 Å². The van der Waals surface area contributed by atoms with Crippen molar-refractivity contribution < 1.29 is 51.8 Å². The van der Waals surface area contributed by atoms with Crippen LogP contribution in [0.2, 0.25) is 0 Å². The Balaban J connectivity index is -0.0000000427.